The molecule has 0 spiro atoms. The minimum Gasteiger partial charge on any atom is -0.371 e. The third-order valence-electron chi connectivity index (χ3n) is 1.18. The molecule has 1 rings (SSSR count). The Labute approximate surface area is 91.9 Å². The monoisotopic (exact) mass is 230 g/mol. The topological polar surface area (TPSA) is 94.1 Å². The zero-order valence-corrected chi connectivity index (χ0v) is 8.65. The van der Waals surface area contributed by atoms with Crippen LogP contribution in [0.2, 0.25) is 5.15 Å². The molecule has 15 heavy (non-hydrogen) atoms. The average molecular weight is 231 g/mol. The second-order valence-corrected chi connectivity index (χ2v) is 2.61. The predicted molar refractivity (Wildman–Crippen MR) is 59.1 cm³/mol. The molecule has 0 aliphatic heterocycles. The fraction of sp³-hybridized carbons (Fsp3) is 0.125. The van der Waals surface area contributed by atoms with Gasteiger partial charge in [0.05, 0.1) is 23.5 Å². The van der Waals surface area contributed by atoms with E-state index in [0.29, 0.717) is 18.0 Å². The van der Waals surface area contributed by atoms with Gasteiger partial charge in [-0.1, -0.05) is 11.6 Å². The van der Waals surface area contributed by atoms with Gasteiger partial charge in [0.2, 0.25) is 6.20 Å². The average Bonchev–Trinajstić information content (AvgIpc) is 2.23. The Morgan fingerprint density at radius 1 is 1.73 bits per heavy atom. The number of nitrogens with one attached hydrogen (secondary N) is 1. The van der Waals surface area contributed by atoms with Gasteiger partial charge in [0, 0.05) is 0 Å². The number of hydrogen-bond acceptors (Lipinski definition) is 5. The zero-order valence-electron chi connectivity index (χ0n) is 7.89. The van der Waals surface area contributed by atoms with Crippen molar-refractivity contribution in [3.05, 3.63) is 46.4 Å². The summed E-state index contributed by atoms with van der Waals surface area (Å²) in [6.45, 7) is 3.27. The van der Waals surface area contributed by atoms with Crippen LogP contribution in [0.3, 0.4) is 0 Å². The van der Waals surface area contributed by atoms with Gasteiger partial charge in [-0.3, -0.25) is 10.1 Å². The van der Waals surface area contributed by atoms with E-state index in [9.17, 15) is 0 Å². The lowest BCUT2D eigenvalue weighted by molar-refractivity contribution is -0.401. The summed E-state index contributed by atoms with van der Waals surface area (Å²) >= 11 is 5.54. The minimum absolute atomic E-state index is 0.406. The molecule has 0 unspecified atom stereocenters. The number of anilines is 1. The molecule has 6 nitrogen and oxygen atoms in total. The molecule has 0 aliphatic rings. The van der Waals surface area contributed by atoms with E-state index in [2.05, 4.69) is 16.9 Å². The quantitative estimate of drug-likeness (QED) is 0.355. The molecule has 82 valence electrons. The Kier molecular flexibility index (Phi) is 6.86. The SMILES string of the molecule is C=C[N+](=O)[O-].NCNc1ccc(Cl)nc1. The summed E-state index contributed by atoms with van der Waals surface area (Å²) in [6, 6.07) is 3.53. The van der Waals surface area contributed by atoms with Crippen LogP contribution in [0.1, 0.15) is 0 Å². The van der Waals surface area contributed by atoms with Gasteiger partial charge in [-0.2, -0.15) is 0 Å². The lowest BCUT2D eigenvalue weighted by Gasteiger charge is -1.99. The predicted octanol–water partition coefficient (Wildman–Crippen LogP) is 1.47. The number of hydrogen-bond donors (Lipinski definition) is 2. The smallest absolute Gasteiger partial charge is 0.227 e. The summed E-state index contributed by atoms with van der Waals surface area (Å²) in [5.74, 6) is 0. The van der Waals surface area contributed by atoms with Crippen LogP contribution < -0.4 is 11.1 Å². The van der Waals surface area contributed by atoms with E-state index in [0.717, 1.165) is 5.69 Å². The van der Waals surface area contributed by atoms with E-state index in [1.165, 1.54) is 0 Å². The molecule has 0 aromatic carbocycles. The second kappa shape index (κ2) is 7.72. The molecule has 0 saturated carbocycles. The molecule has 0 aliphatic carbocycles. The van der Waals surface area contributed by atoms with E-state index in [1.54, 1.807) is 12.3 Å². The lowest BCUT2D eigenvalue weighted by Crippen LogP contribution is -2.10. The Balaban J connectivity index is 0.000000336. The van der Waals surface area contributed by atoms with Crippen molar-refractivity contribution in [3.8, 4) is 0 Å². The maximum Gasteiger partial charge on any atom is 0.227 e. The number of nitrogens with two attached hydrogens (primary N) is 1. The van der Waals surface area contributed by atoms with Crippen molar-refractivity contribution < 1.29 is 4.92 Å². The second-order valence-electron chi connectivity index (χ2n) is 2.22. The van der Waals surface area contributed by atoms with Crippen LogP contribution in [0.4, 0.5) is 5.69 Å². The van der Waals surface area contributed by atoms with Gasteiger partial charge in [-0.25, -0.2) is 4.98 Å². The van der Waals surface area contributed by atoms with Gasteiger partial charge in [0.15, 0.2) is 0 Å². The summed E-state index contributed by atoms with van der Waals surface area (Å²) in [5.41, 5.74) is 6.11. The Morgan fingerprint density at radius 3 is 2.67 bits per heavy atom. The number of rotatable bonds is 3. The third kappa shape index (κ3) is 7.41. The number of aromatic nitrogens is 1. The van der Waals surface area contributed by atoms with Gasteiger partial charge < -0.3 is 11.1 Å². The van der Waals surface area contributed by atoms with Crippen molar-refractivity contribution in [2.24, 2.45) is 5.73 Å². The van der Waals surface area contributed by atoms with E-state index < -0.39 is 4.92 Å². The highest BCUT2D eigenvalue weighted by Gasteiger charge is 1.88. The Hall–Kier alpha value is -1.66. The Bertz CT molecular complexity index is 315. The molecule has 0 atom stereocenters. The maximum atomic E-state index is 9.06. The summed E-state index contributed by atoms with van der Waals surface area (Å²) in [5, 5.41) is 12.4. The largest absolute Gasteiger partial charge is 0.371 e. The number of nitrogens with zero attached hydrogens (tertiary/aromatic N) is 2. The highest BCUT2D eigenvalue weighted by Crippen LogP contribution is 2.08. The molecule has 3 N–H and O–H groups in total. The summed E-state index contributed by atoms with van der Waals surface area (Å²) in [4.78, 5) is 12.3. The minimum atomic E-state index is -0.611. The molecule has 7 heteroatoms. The first-order chi connectivity index (χ1) is 7.10. The van der Waals surface area contributed by atoms with E-state index in [-0.39, 0.29) is 0 Å². The highest BCUT2D eigenvalue weighted by atomic mass is 35.5. The van der Waals surface area contributed by atoms with E-state index in [1.807, 2.05) is 6.07 Å². The first kappa shape index (κ1) is 13.3. The molecular formula is C8H11ClN4O2. The van der Waals surface area contributed by atoms with Gasteiger partial charge in [0.1, 0.15) is 5.15 Å². The van der Waals surface area contributed by atoms with Crippen molar-refractivity contribution in [2.45, 2.75) is 0 Å². The normalized spacial score (nSPS) is 8.40. The van der Waals surface area contributed by atoms with Crippen molar-refractivity contribution >= 4 is 17.3 Å². The van der Waals surface area contributed by atoms with Gasteiger partial charge >= 0.3 is 0 Å². The molecule has 0 amide bonds. The molecule has 0 bridgehead atoms. The number of pyridine rings is 1. The van der Waals surface area contributed by atoms with Crippen LogP contribution in [0.25, 0.3) is 0 Å². The van der Waals surface area contributed by atoms with Crippen molar-refractivity contribution in [2.75, 3.05) is 12.0 Å². The third-order valence-corrected chi connectivity index (χ3v) is 1.41. The summed E-state index contributed by atoms with van der Waals surface area (Å²) < 4.78 is 0. The first-order valence-corrected chi connectivity index (χ1v) is 4.29. The van der Waals surface area contributed by atoms with Crippen LogP contribution >= 0.6 is 11.6 Å². The Morgan fingerprint density at radius 2 is 2.33 bits per heavy atom. The number of nitro groups is 1. The first-order valence-electron chi connectivity index (χ1n) is 3.91. The zero-order chi connectivity index (χ0) is 11.7. The van der Waals surface area contributed by atoms with Crippen molar-refractivity contribution in [1.29, 1.82) is 0 Å². The van der Waals surface area contributed by atoms with Crippen LogP contribution in [-0.2, 0) is 0 Å². The summed E-state index contributed by atoms with van der Waals surface area (Å²) in [6.07, 6.45) is 2.27. The number of halogens is 1. The summed E-state index contributed by atoms with van der Waals surface area (Å²) in [7, 11) is 0. The van der Waals surface area contributed by atoms with E-state index in [4.69, 9.17) is 27.4 Å². The molecule has 0 fully saturated rings. The van der Waals surface area contributed by atoms with Crippen LogP contribution in [0.5, 0.6) is 0 Å². The molecule has 0 saturated heterocycles. The molecule has 1 heterocycles. The van der Waals surface area contributed by atoms with E-state index >= 15 is 0 Å². The molecule has 1 aromatic rings. The fourth-order valence-electron chi connectivity index (χ4n) is 0.598. The standard InChI is InChI=1S/C6H8ClN3.C2H3NO2/c7-6-2-1-5(3-9-6)10-4-8;1-2-3(4)5/h1-3,10H,4,8H2;2H,1H2. The van der Waals surface area contributed by atoms with Crippen LogP contribution in [0.15, 0.2) is 31.1 Å². The lowest BCUT2D eigenvalue weighted by atomic mass is 10.4. The highest BCUT2D eigenvalue weighted by molar-refractivity contribution is 6.29. The van der Waals surface area contributed by atoms with Crippen molar-refractivity contribution in [3.63, 3.8) is 0 Å². The fourth-order valence-corrected chi connectivity index (χ4v) is 0.710. The molecule has 1 aromatic heterocycles. The maximum absolute atomic E-state index is 9.06. The van der Waals surface area contributed by atoms with Crippen molar-refractivity contribution in [1.82, 2.24) is 4.98 Å². The van der Waals surface area contributed by atoms with Crippen LogP contribution in [0, 0.1) is 10.1 Å². The molecular weight excluding hydrogens is 220 g/mol. The van der Waals surface area contributed by atoms with Gasteiger partial charge in [-0.15, -0.1) is 0 Å². The van der Waals surface area contributed by atoms with Gasteiger partial charge in [-0.05, 0) is 18.7 Å². The van der Waals surface area contributed by atoms with Gasteiger partial charge in [0.25, 0.3) is 0 Å². The molecule has 0 radical (unpaired) electrons. The van der Waals surface area contributed by atoms with Crippen LogP contribution in [-0.4, -0.2) is 16.6 Å².